The lowest BCUT2D eigenvalue weighted by Crippen LogP contribution is -2.44. The van der Waals surface area contributed by atoms with Gasteiger partial charge in [-0.3, -0.25) is 23.4 Å². The van der Waals surface area contributed by atoms with Gasteiger partial charge in [0.25, 0.3) is 5.56 Å². The van der Waals surface area contributed by atoms with Gasteiger partial charge in [-0.2, -0.15) is 0 Å². The topological polar surface area (TPSA) is 140 Å². The van der Waals surface area contributed by atoms with Gasteiger partial charge >= 0.3 is 13.5 Å². The van der Waals surface area contributed by atoms with Crippen LogP contribution in [0.4, 0.5) is 0 Å². The fourth-order valence-corrected chi connectivity index (χ4v) is 4.18. The summed E-state index contributed by atoms with van der Waals surface area (Å²) in [4.78, 5) is 34.9. The molecule has 0 radical (unpaired) electrons. The van der Waals surface area contributed by atoms with Crippen LogP contribution in [0.5, 0.6) is 0 Å². The number of phosphoric ester groups is 1. The molecule has 1 aromatic rings. The van der Waals surface area contributed by atoms with Crippen LogP contribution in [0, 0.1) is 5.41 Å². The Balaban J connectivity index is 2.05. The minimum Gasteiger partial charge on any atom is -0.396 e. The first kappa shape index (κ1) is 16.6. The largest absolute Gasteiger partial charge is 0.472 e. The summed E-state index contributed by atoms with van der Waals surface area (Å²) in [7, 11) is -4.20. The fourth-order valence-electron chi connectivity index (χ4n) is 3.12. The lowest BCUT2D eigenvalue weighted by atomic mass is 9.79. The molecule has 11 heteroatoms. The zero-order valence-electron chi connectivity index (χ0n) is 12.2. The highest BCUT2D eigenvalue weighted by atomic mass is 31.2. The van der Waals surface area contributed by atoms with E-state index in [2.05, 4.69) is 4.98 Å². The Morgan fingerprint density at radius 1 is 1.52 bits per heavy atom. The zero-order valence-corrected chi connectivity index (χ0v) is 13.1. The van der Waals surface area contributed by atoms with Crippen molar-refractivity contribution in [3.05, 3.63) is 33.1 Å². The van der Waals surface area contributed by atoms with Crippen molar-refractivity contribution in [1.29, 1.82) is 0 Å². The van der Waals surface area contributed by atoms with E-state index in [0.717, 1.165) is 0 Å². The molecule has 128 valence electrons. The van der Waals surface area contributed by atoms with Crippen LogP contribution in [0.25, 0.3) is 0 Å². The van der Waals surface area contributed by atoms with Gasteiger partial charge in [0.15, 0.2) is 0 Å². The third kappa shape index (κ3) is 2.82. The second-order valence-corrected chi connectivity index (χ2v) is 7.22. The fraction of sp³-hybridized carbons (Fsp3) is 0.667. The van der Waals surface area contributed by atoms with E-state index in [1.165, 1.54) is 16.8 Å². The van der Waals surface area contributed by atoms with Crippen LogP contribution in [0.1, 0.15) is 19.6 Å². The predicted octanol–water partition coefficient (Wildman–Crippen LogP) is -0.662. The number of aromatic amines is 1. The van der Waals surface area contributed by atoms with Crippen LogP contribution >= 0.6 is 7.82 Å². The third-order valence-corrected chi connectivity index (χ3v) is 5.23. The number of hydrogen-bond acceptors (Lipinski definition) is 7. The van der Waals surface area contributed by atoms with Gasteiger partial charge in [0.05, 0.1) is 6.61 Å². The number of rotatable bonds is 3. The molecule has 1 unspecified atom stereocenters. The average molecular weight is 348 g/mol. The molecular formula is C12H17N2O8P. The Kier molecular flexibility index (Phi) is 4.07. The van der Waals surface area contributed by atoms with E-state index in [4.69, 9.17) is 13.8 Å². The zero-order chi connectivity index (χ0) is 16.8. The third-order valence-electron chi connectivity index (χ3n) is 4.26. The summed E-state index contributed by atoms with van der Waals surface area (Å²) >= 11 is 0. The Morgan fingerprint density at radius 3 is 2.91 bits per heavy atom. The molecule has 2 saturated heterocycles. The summed E-state index contributed by atoms with van der Waals surface area (Å²) in [6.45, 7) is 1.27. The van der Waals surface area contributed by atoms with E-state index >= 15 is 0 Å². The number of nitrogens with one attached hydrogen (secondary N) is 1. The van der Waals surface area contributed by atoms with E-state index < -0.39 is 42.9 Å². The quantitative estimate of drug-likeness (QED) is 0.612. The summed E-state index contributed by atoms with van der Waals surface area (Å²) in [6, 6.07) is 1.17. The normalized spacial score (nSPS) is 40.0. The van der Waals surface area contributed by atoms with Gasteiger partial charge in [-0.25, -0.2) is 9.36 Å². The number of phosphoric acid groups is 1. The van der Waals surface area contributed by atoms with Gasteiger partial charge < -0.3 is 14.7 Å². The number of H-pyrrole nitrogens is 1. The summed E-state index contributed by atoms with van der Waals surface area (Å²) in [5, 5.41) is 9.37. The molecule has 0 bridgehead atoms. The Bertz CT molecular complexity index is 760. The lowest BCUT2D eigenvalue weighted by molar-refractivity contribution is -0.0688. The van der Waals surface area contributed by atoms with Crippen molar-refractivity contribution in [2.45, 2.75) is 31.8 Å². The minimum atomic E-state index is -4.20. The molecule has 0 amide bonds. The van der Waals surface area contributed by atoms with Gasteiger partial charge in [-0.15, -0.1) is 0 Å². The molecule has 0 saturated carbocycles. The number of aromatic nitrogens is 2. The van der Waals surface area contributed by atoms with E-state index in [-0.39, 0.29) is 19.6 Å². The molecule has 5 atom stereocenters. The van der Waals surface area contributed by atoms with Crippen LogP contribution in [0.3, 0.4) is 0 Å². The molecule has 3 rings (SSSR count). The molecule has 2 aliphatic rings. The van der Waals surface area contributed by atoms with Gasteiger partial charge in [0.1, 0.15) is 18.4 Å². The molecule has 0 aliphatic carbocycles. The smallest absolute Gasteiger partial charge is 0.396 e. The van der Waals surface area contributed by atoms with Crippen LogP contribution in [0.15, 0.2) is 21.9 Å². The second kappa shape index (κ2) is 5.66. The summed E-state index contributed by atoms with van der Waals surface area (Å²) in [6.07, 6.45) is -0.980. The highest BCUT2D eigenvalue weighted by molar-refractivity contribution is 7.47. The van der Waals surface area contributed by atoms with Crippen molar-refractivity contribution in [3.8, 4) is 0 Å². The maximum Gasteiger partial charge on any atom is 0.472 e. The van der Waals surface area contributed by atoms with E-state index in [1.807, 2.05) is 0 Å². The molecule has 0 spiro atoms. The van der Waals surface area contributed by atoms with Crippen molar-refractivity contribution in [2.75, 3.05) is 13.2 Å². The van der Waals surface area contributed by atoms with Crippen molar-refractivity contribution >= 4 is 7.82 Å². The highest BCUT2D eigenvalue weighted by Gasteiger charge is 2.59. The molecule has 10 nitrogen and oxygen atoms in total. The SMILES string of the molecule is C[C@]1(CCO)[C@@H]2OP(=O)(O)OC[C@H]2O[C@H]1n1ccc(=O)[nH]c1=O. The maximum absolute atomic E-state index is 12.0. The molecule has 2 aliphatic heterocycles. The Morgan fingerprint density at radius 2 is 2.26 bits per heavy atom. The number of aliphatic hydroxyl groups is 1. The second-order valence-electron chi connectivity index (χ2n) is 5.81. The van der Waals surface area contributed by atoms with Crippen LogP contribution in [-0.2, 0) is 18.3 Å². The molecule has 0 aromatic carbocycles. The predicted molar refractivity (Wildman–Crippen MR) is 75.7 cm³/mol. The maximum atomic E-state index is 12.0. The van der Waals surface area contributed by atoms with E-state index in [9.17, 15) is 24.2 Å². The molecular weight excluding hydrogens is 331 g/mol. The van der Waals surface area contributed by atoms with Gasteiger partial charge in [0.2, 0.25) is 0 Å². The van der Waals surface area contributed by atoms with Crippen LogP contribution < -0.4 is 11.2 Å². The number of ether oxygens (including phenoxy) is 1. The van der Waals surface area contributed by atoms with Crippen molar-refractivity contribution < 1.29 is 28.3 Å². The first-order chi connectivity index (χ1) is 10.8. The van der Waals surface area contributed by atoms with E-state index in [1.54, 1.807) is 6.92 Å². The standard InChI is InChI=1S/C12H17N2O8P/c1-12(3-5-15)9-7(6-20-23(18,19)22-9)21-10(12)14-4-2-8(16)13-11(14)17/h2,4,7,9-10,15H,3,5-6H2,1H3,(H,18,19)(H,13,16,17)/t7-,9-,10-,12+/m1/s1. The van der Waals surface area contributed by atoms with Crippen molar-refractivity contribution in [1.82, 2.24) is 9.55 Å². The van der Waals surface area contributed by atoms with Gasteiger partial charge in [-0.1, -0.05) is 6.92 Å². The molecule has 23 heavy (non-hydrogen) atoms. The van der Waals surface area contributed by atoms with Crippen LogP contribution in [-0.4, -0.2) is 45.0 Å². The summed E-state index contributed by atoms with van der Waals surface area (Å²) in [5.41, 5.74) is -2.20. The lowest BCUT2D eigenvalue weighted by Gasteiger charge is -2.37. The molecule has 3 N–H and O–H groups in total. The Hall–Kier alpha value is -1.29. The number of fused-ring (bicyclic) bond motifs is 1. The van der Waals surface area contributed by atoms with Crippen LogP contribution in [0.2, 0.25) is 0 Å². The number of hydrogen-bond donors (Lipinski definition) is 3. The Labute approximate surface area is 130 Å². The first-order valence-electron chi connectivity index (χ1n) is 7.00. The minimum absolute atomic E-state index is 0.157. The van der Waals surface area contributed by atoms with Gasteiger partial charge in [-0.05, 0) is 6.42 Å². The van der Waals surface area contributed by atoms with Crippen molar-refractivity contribution in [3.63, 3.8) is 0 Å². The summed E-state index contributed by atoms with van der Waals surface area (Å²) in [5.74, 6) is 0. The first-order valence-corrected chi connectivity index (χ1v) is 8.50. The number of nitrogens with zero attached hydrogens (tertiary/aromatic N) is 1. The molecule has 3 heterocycles. The summed E-state index contributed by atoms with van der Waals surface area (Å²) < 4.78 is 28.5. The van der Waals surface area contributed by atoms with Gasteiger partial charge in [0, 0.05) is 24.3 Å². The van der Waals surface area contributed by atoms with E-state index in [0.29, 0.717) is 0 Å². The monoisotopic (exact) mass is 348 g/mol. The molecule has 2 fully saturated rings. The molecule has 1 aromatic heterocycles. The average Bonchev–Trinajstić information content (AvgIpc) is 2.72. The highest BCUT2D eigenvalue weighted by Crippen LogP contribution is 2.59. The van der Waals surface area contributed by atoms with Crippen molar-refractivity contribution in [2.24, 2.45) is 5.41 Å². The number of aliphatic hydroxyl groups excluding tert-OH is 1.